The molecule has 0 heterocycles. The van der Waals surface area contributed by atoms with Gasteiger partial charge in [0.2, 0.25) is 0 Å². The molecular weight excluding hydrogens is 390 g/mol. The Morgan fingerprint density at radius 1 is 1.17 bits per heavy atom. The van der Waals surface area contributed by atoms with Gasteiger partial charge in [-0.15, -0.1) is 0 Å². The third-order valence-electron chi connectivity index (χ3n) is 3.18. The van der Waals surface area contributed by atoms with Crippen LogP contribution in [0, 0.1) is 11.3 Å². The van der Waals surface area contributed by atoms with Crippen molar-refractivity contribution in [3.05, 3.63) is 75.4 Å². The highest BCUT2D eigenvalue weighted by Gasteiger charge is 2.08. The van der Waals surface area contributed by atoms with E-state index in [1.807, 2.05) is 30.3 Å². The summed E-state index contributed by atoms with van der Waals surface area (Å²) in [6.07, 6.45) is 2.23. The van der Waals surface area contributed by atoms with E-state index in [4.69, 9.17) is 16.9 Å². The summed E-state index contributed by atoms with van der Waals surface area (Å²) in [7, 11) is 0. The molecule has 1 amide bonds. The summed E-state index contributed by atoms with van der Waals surface area (Å²) < 4.78 is 1.03. The fraction of sp³-hybridized carbons (Fsp3) is 0.111. The van der Waals surface area contributed by atoms with Gasteiger partial charge in [0.1, 0.15) is 11.6 Å². The van der Waals surface area contributed by atoms with Crippen LogP contribution in [0.5, 0.6) is 0 Å². The number of hydrogen-bond donors (Lipinski definition) is 2. The number of hydrogen-bond acceptors (Lipinski definition) is 3. The minimum absolute atomic E-state index is 0.0146. The van der Waals surface area contributed by atoms with Gasteiger partial charge < -0.3 is 10.6 Å². The Bertz CT molecular complexity index is 764. The lowest BCUT2D eigenvalue weighted by molar-refractivity contribution is -0.112. The van der Waals surface area contributed by atoms with E-state index >= 15 is 0 Å². The number of nitrogens with one attached hydrogen (secondary N) is 2. The average Bonchev–Trinajstić information content (AvgIpc) is 2.58. The predicted octanol–water partition coefficient (Wildman–Crippen LogP) is 4.28. The number of carbonyl (C=O) groups is 1. The second-order valence-corrected chi connectivity index (χ2v) is 6.31. The molecule has 24 heavy (non-hydrogen) atoms. The van der Waals surface area contributed by atoms with E-state index in [1.54, 1.807) is 24.3 Å². The maximum atomic E-state index is 12.1. The number of anilines is 1. The molecule has 0 bridgehead atoms. The van der Waals surface area contributed by atoms with Crippen molar-refractivity contribution in [2.45, 2.75) is 6.42 Å². The second kappa shape index (κ2) is 9.11. The van der Waals surface area contributed by atoms with Gasteiger partial charge in [-0.25, -0.2) is 0 Å². The SMILES string of the molecule is N#C/C(=C/NCCc1ccc(Br)cc1)C(=O)Nc1ccc(Cl)cc1. The first-order valence-corrected chi connectivity index (χ1v) is 8.40. The molecule has 4 nitrogen and oxygen atoms in total. The number of benzene rings is 2. The van der Waals surface area contributed by atoms with E-state index in [-0.39, 0.29) is 5.57 Å². The summed E-state index contributed by atoms with van der Waals surface area (Å²) in [5.74, 6) is -0.462. The van der Waals surface area contributed by atoms with Crippen molar-refractivity contribution >= 4 is 39.1 Å². The lowest BCUT2D eigenvalue weighted by Crippen LogP contribution is -2.17. The number of nitriles is 1. The molecule has 122 valence electrons. The standard InChI is InChI=1S/C18H15BrClN3O/c19-15-3-1-13(2-4-15)9-10-22-12-14(11-21)18(24)23-17-7-5-16(20)6-8-17/h1-8,12,22H,9-10H2,(H,23,24)/b14-12-. The molecule has 0 aromatic heterocycles. The second-order valence-electron chi connectivity index (χ2n) is 4.96. The molecule has 0 aliphatic heterocycles. The maximum Gasteiger partial charge on any atom is 0.267 e. The summed E-state index contributed by atoms with van der Waals surface area (Å²) in [5.41, 5.74) is 1.77. The zero-order chi connectivity index (χ0) is 17.4. The topological polar surface area (TPSA) is 64.9 Å². The van der Waals surface area contributed by atoms with Crippen LogP contribution in [0.2, 0.25) is 5.02 Å². The van der Waals surface area contributed by atoms with E-state index in [2.05, 4.69) is 26.6 Å². The lowest BCUT2D eigenvalue weighted by Gasteiger charge is -2.05. The van der Waals surface area contributed by atoms with E-state index in [0.717, 1.165) is 10.9 Å². The Kier molecular flexibility index (Phi) is 6.86. The highest BCUT2D eigenvalue weighted by Crippen LogP contribution is 2.14. The van der Waals surface area contributed by atoms with Gasteiger partial charge in [-0.2, -0.15) is 5.26 Å². The van der Waals surface area contributed by atoms with Crippen LogP contribution in [0.4, 0.5) is 5.69 Å². The molecule has 2 N–H and O–H groups in total. The van der Waals surface area contributed by atoms with Crippen molar-refractivity contribution < 1.29 is 4.79 Å². The number of carbonyl (C=O) groups excluding carboxylic acids is 1. The minimum atomic E-state index is -0.462. The lowest BCUT2D eigenvalue weighted by atomic mass is 10.1. The van der Waals surface area contributed by atoms with Gasteiger partial charge in [0, 0.05) is 27.9 Å². The van der Waals surface area contributed by atoms with Crippen LogP contribution >= 0.6 is 27.5 Å². The molecule has 0 saturated heterocycles. The van der Waals surface area contributed by atoms with E-state index < -0.39 is 5.91 Å². The molecule has 0 unspecified atom stereocenters. The van der Waals surface area contributed by atoms with Crippen LogP contribution in [0.15, 0.2) is 64.8 Å². The summed E-state index contributed by atoms with van der Waals surface area (Å²) in [6.45, 7) is 0.626. The molecule has 0 saturated carbocycles. The van der Waals surface area contributed by atoms with Gasteiger partial charge in [0.15, 0.2) is 0 Å². The Hall–Kier alpha value is -2.29. The van der Waals surface area contributed by atoms with Crippen molar-refractivity contribution in [3.8, 4) is 6.07 Å². The third kappa shape index (κ3) is 5.73. The zero-order valence-electron chi connectivity index (χ0n) is 12.7. The Morgan fingerprint density at radius 3 is 2.46 bits per heavy atom. The Balaban J connectivity index is 1.86. The number of rotatable bonds is 6. The third-order valence-corrected chi connectivity index (χ3v) is 3.97. The first-order valence-electron chi connectivity index (χ1n) is 7.23. The number of halogens is 2. The molecule has 6 heteroatoms. The fourth-order valence-corrected chi connectivity index (χ4v) is 2.31. The molecule has 0 atom stereocenters. The zero-order valence-corrected chi connectivity index (χ0v) is 15.1. The normalized spacial score (nSPS) is 10.8. The first kappa shape index (κ1) is 18.1. The van der Waals surface area contributed by atoms with Crippen molar-refractivity contribution in [3.63, 3.8) is 0 Å². The maximum absolute atomic E-state index is 12.1. The number of nitrogens with zero attached hydrogens (tertiary/aromatic N) is 1. The smallest absolute Gasteiger partial charge is 0.267 e. The van der Waals surface area contributed by atoms with E-state index in [9.17, 15) is 4.79 Å². The largest absolute Gasteiger partial charge is 0.389 e. The molecule has 2 aromatic carbocycles. The monoisotopic (exact) mass is 403 g/mol. The molecule has 0 aliphatic rings. The van der Waals surface area contributed by atoms with Gasteiger partial charge in [-0.3, -0.25) is 4.79 Å². The molecule has 0 radical (unpaired) electrons. The van der Waals surface area contributed by atoms with Crippen LogP contribution in [-0.4, -0.2) is 12.5 Å². The van der Waals surface area contributed by atoms with Crippen molar-refractivity contribution in [1.29, 1.82) is 5.26 Å². The molecule has 2 rings (SSSR count). The van der Waals surface area contributed by atoms with Crippen molar-refractivity contribution in [2.75, 3.05) is 11.9 Å². The summed E-state index contributed by atoms with van der Waals surface area (Å²) in [5, 5.41) is 15.4. The highest BCUT2D eigenvalue weighted by atomic mass is 79.9. The number of amides is 1. The molecule has 0 aliphatic carbocycles. The summed E-state index contributed by atoms with van der Waals surface area (Å²) in [4.78, 5) is 12.1. The van der Waals surface area contributed by atoms with Gasteiger partial charge >= 0.3 is 0 Å². The minimum Gasteiger partial charge on any atom is -0.389 e. The van der Waals surface area contributed by atoms with Crippen LogP contribution in [0.1, 0.15) is 5.56 Å². The van der Waals surface area contributed by atoms with E-state index in [1.165, 1.54) is 11.8 Å². The Labute approximate surface area is 154 Å². The molecule has 0 spiro atoms. The molecular formula is C18H15BrClN3O. The van der Waals surface area contributed by atoms with Crippen LogP contribution in [0.25, 0.3) is 0 Å². The van der Waals surface area contributed by atoms with Gasteiger partial charge in [0.05, 0.1) is 0 Å². The Morgan fingerprint density at radius 2 is 1.83 bits per heavy atom. The van der Waals surface area contributed by atoms with Gasteiger partial charge in [0.25, 0.3) is 5.91 Å². The quantitative estimate of drug-likeness (QED) is 0.429. The van der Waals surface area contributed by atoms with Gasteiger partial charge in [-0.05, 0) is 48.4 Å². The highest BCUT2D eigenvalue weighted by molar-refractivity contribution is 9.10. The van der Waals surface area contributed by atoms with Gasteiger partial charge in [-0.1, -0.05) is 39.7 Å². The van der Waals surface area contributed by atoms with Crippen LogP contribution in [0.3, 0.4) is 0 Å². The van der Waals surface area contributed by atoms with E-state index in [0.29, 0.717) is 17.3 Å². The van der Waals surface area contributed by atoms with Crippen LogP contribution in [-0.2, 0) is 11.2 Å². The summed E-state index contributed by atoms with van der Waals surface area (Å²) >= 11 is 9.18. The van der Waals surface area contributed by atoms with Crippen molar-refractivity contribution in [1.82, 2.24) is 5.32 Å². The fourth-order valence-electron chi connectivity index (χ4n) is 1.92. The van der Waals surface area contributed by atoms with Crippen LogP contribution < -0.4 is 10.6 Å². The molecule has 2 aromatic rings. The molecule has 0 fully saturated rings. The summed E-state index contributed by atoms with van der Waals surface area (Å²) in [6, 6.07) is 16.6. The van der Waals surface area contributed by atoms with Crippen molar-refractivity contribution in [2.24, 2.45) is 0 Å². The predicted molar refractivity (Wildman–Crippen MR) is 99.6 cm³/mol. The first-order chi connectivity index (χ1) is 11.6. The average molecular weight is 405 g/mol.